The van der Waals surface area contributed by atoms with Crippen LogP contribution in [0.5, 0.6) is 0 Å². The minimum absolute atomic E-state index is 0.0319. The number of rotatable bonds is 4. The van der Waals surface area contributed by atoms with Crippen LogP contribution in [0.25, 0.3) is 0 Å². The molecular weight excluding hydrogens is 221 g/mol. The molecule has 1 unspecified atom stereocenters. The normalized spacial score (nSPS) is 27.4. The summed E-state index contributed by atoms with van der Waals surface area (Å²) in [5, 5.41) is 0. The fourth-order valence-electron chi connectivity index (χ4n) is 2.04. The lowest BCUT2D eigenvalue weighted by molar-refractivity contribution is -0.127. The number of halogens is 1. The number of carbonyl (C=O) groups excluding carboxylic acids is 1. The van der Waals surface area contributed by atoms with Crippen molar-refractivity contribution in [2.75, 3.05) is 18.8 Å². The van der Waals surface area contributed by atoms with E-state index in [-0.39, 0.29) is 18.2 Å². The predicted molar refractivity (Wildman–Crippen MR) is 52.3 cm³/mol. The van der Waals surface area contributed by atoms with Crippen molar-refractivity contribution >= 4 is 16.1 Å². The highest BCUT2D eigenvalue weighted by molar-refractivity contribution is 7.86. The van der Waals surface area contributed by atoms with Gasteiger partial charge in [-0.3, -0.25) is 4.79 Å². The van der Waals surface area contributed by atoms with Crippen molar-refractivity contribution in [3.63, 3.8) is 0 Å². The van der Waals surface area contributed by atoms with Gasteiger partial charge in [0.25, 0.3) is 0 Å². The molecule has 0 bridgehead atoms. The quantitative estimate of drug-likeness (QED) is 0.668. The molecular formula is C9H14FNO3S. The maximum absolute atomic E-state index is 12.4. The van der Waals surface area contributed by atoms with Crippen molar-refractivity contribution in [2.45, 2.75) is 19.3 Å². The maximum atomic E-state index is 12.4. The van der Waals surface area contributed by atoms with Gasteiger partial charge in [0.05, 0.1) is 5.75 Å². The topological polar surface area (TPSA) is 54.5 Å². The monoisotopic (exact) mass is 235 g/mol. The zero-order chi connectivity index (χ0) is 11.1. The van der Waals surface area contributed by atoms with E-state index in [1.807, 2.05) is 0 Å². The first-order valence-electron chi connectivity index (χ1n) is 5.14. The molecule has 4 nitrogen and oxygen atoms in total. The Balaban J connectivity index is 1.88. The van der Waals surface area contributed by atoms with Crippen molar-refractivity contribution < 1.29 is 17.1 Å². The fourth-order valence-corrected chi connectivity index (χ4v) is 2.82. The smallest absolute Gasteiger partial charge is 0.302 e. The predicted octanol–water partition coefficient (Wildman–Crippen LogP) is 0.544. The van der Waals surface area contributed by atoms with E-state index in [9.17, 15) is 17.1 Å². The first kappa shape index (κ1) is 10.9. The van der Waals surface area contributed by atoms with Crippen molar-refractivity contribution in [2.24, 2.45) is 11.8 Å². The first-order valence-corrected chi connectivity index (χ1v) is 6.69. The van der Waals surface area contributed by atoms with Gasteiger partial charge in [0.1, 0.15) is 0 Å². The van der Waals surface area contributed by atoms with E-state index in [2.05, 4.69) is 0 Å². The van der Waals surface area contributed by atoms with E-state index >= 15 is 0 Å². The van der Waals surface area contributed by atoms with Gasteiger partial charge in [-0.05, 0) is 18.8 Å². The minimum atomic E-state index is -4.45. The standard InChI is InChI=1S/C9H14FNO3S/c10-15(13,14)6-8-3-9(12)11(5-8)4-7-1-2-7/h7-8H,1-6H2. The highest BCUT2D eigenvalue weighted by atomic mass is 32.3. The van der Waals surface area contributed by atoms with Gasteiger partial charge in [0, 0.05) is 25.4 Å². The van der Waals surface area contributed by atoms with Crippen molar-refractivity contribution in [1.29, 1.82) is 0 Å². The number of hydrogen-bond donors (Lipinski definition) is 0. The van der Waals surface area contributed by atoms with Gasteiger partial charge in [-0.15, -0.1) is 3.89 Å². The number of carbonyl (C=O) groups is 1. The lowest BCUT2D eigenvalue weighted by Crippen LogP contribution is -2.28. The Morgan fingerprint density at radius 1 is 1.33 bits per heavy atom. The number of hydrogen-bond acceptors (Lipinski definition) is 3. The molecule has 0 aromatic rings. The third-order valence-electron chi connectivity index (χ3n) is 2.90. The maximum Gasteiger partial charge on any atom is 0.302 e. The van der Waals surface area contributed by atoms with Crippen molar-refractivity contribution in [1.82, 2.24) is 4.90 Å². The molecule has 86 valence electrons. The lowest BCUT2D eigenvalue weighted by atomic mass is 10.1. The molecule has 2 fully saturated rings. The van der Waals surface area contributed by atoms with Gasteiger partial charge in [-0.2, -0.15) is 8.42 Å². The van der Waals surface area contributed by atoms with Gasteiger partial charge in [-0.1, -0.05) is 0 Å². The third-order valence-corrected chi connectivity index (χ3v) is 3.77. The van der Waals surface area contributed by atoms with E-state index < -0.39 is 16.0 Å². The molecule has 0 aromatic heterocycles. The SMILES string of the molecule is O=C1CC(CS(=O)(=O)F)CN1CC1CC1. The van der Waals surface area contributed by atoms with Crippen molar-refractivity contribution in [3.8, 4) is 0 Å². The Bertz CT molecular complexity index is 364. The Hall–Kier alpha value is -0.650. The van der Waals surface area contributed by atoms with E-state index in [0.717, 1.165) is 19.4 Å². The Morgan fingerprint density at radius 3 is 2.53 bits per heavy atom. The van der Waals surface area contributed by atoms with E-state index in [0.29, 0.717) is 12.5 Å². The molecule has 6 heteroatoms. The second kappa shape index (κ2) is 3.73. The molecule has 0 aromatic carbocycles. The van der Waals surface area contributed by atoms with E-state index in [1.165, 1.54) is 0 Å². The second-order valence-corrected chi connectivity index (χ2v) is 5.93. The van der Waals surface area contributed by atoms with Gasteiger partial charge in [-0.25, -0.2) is 0 Å². The molecule has 1 aliphatic carbocycles. The Morgan fingerprint density at radius 2 is 2.00 bits per heavy atom. The highest BCUT2D eigenvalue weighted by Crippen LogP contribution is 2.32. The van der Waals surface area contributed by atoms with Crippen LogP contribution in [0, 0.1) is 11.8 Å². The van der Waals surface area contributed by atoms with Crippen molar-refractivity contribution in [3.05, 3.63) is 0 Å². The molecule has 2 aliphatic rings. The summed E-state index contributed by atoms with van der Waals surface area (Å²) in [6.07, 6.45) is 2.47. The minimum Gasteiger partial charge on any atom is -0.342 e. The summed E-state index contributed by atoms with van der Waals surface area (Å²) in [6.45, 7) is 1.13. The third kappa shape index (κ3) is 3.15. The average molecular weight is 235 g/mol. The van der Waals surface area contributed by atoms with Crippen LogP contribution in [0.4, 0.5) is 3.89 Å². The lowest BCUT2D eigenvalue weighted by Gasteiger charge is -2.15. The molecule has 0 spiro atoms. The van der Waals surface area contributed by atoms with Gasteiger partial charge in [0.15, 0.2) is 0 Å². The Kier molecular flexibility index (Phi) is 2.70. The summed E-state index contributed by atoms with van der Waals surface area (Å²) in [7, 11) is -4.45. The van der Waals surface area contributed by atoms with Crippen LogP contribution in [-0.4, -0.2) is 38.1 Å². The molecule has 1 saturated heterocycles. The molecule has 15 heavy (non-hydrogen) atoms. The second-order valence-electron chi connectivity index (χ2n) is 4.52. The molecule has 0 N–H and O–H groups in total. The average Bonchev–Trinajstić information content (AvgIpc) is 2.77. The van der Waals surface area contributed by atoms with Gasteiger partial charge < -0.3 is 4.90 Å². The van der Waals surface area contributed by atoms with E-state index in [4.69, 9.17) is 0 Å². The molecule has 1 atom stereocenters. The van der Waals surface area contributed by atoms with Gasteiger partial charge >= 0.3 is 10.2 Å². The molecule has 1 amide bonds. The molecule has 1 saturated carbocycles. The molecule has 1 heterocycles. The number of nitrogens with zero attached hydrogens (tertiary/aromatic N) is 1. The van der Waals surface area contributed by atoms with Crippen LogP contribution in [0.15, 0.2) is 0 Å². The fraction of sp³-hybridized carbons (Fsp3) is 0.889. The summed E-state index contributed by atoms with van der Waals surface area (Å²) in [6, 6.07) is 0. The molecule has 0 radical (unpaired) electrons. The highest BCUT2D eigenvalue weighted by Gasteiger charge is 2.35. The summed E-state index contributed by atoms with van der Waals surface area (Å²) < 4.78 is 33.3. The van der Waals surface area contributed by atoms with E-state index in [1.54, 1.807) is 4.90 Å². The number of amides is 1. The Labute approximate surface area is 88.7 Å². The zero-order valence-electron chi connectivity index (χ0n) is 8.36. The van der Waals surface area contributed by atoms with Crippen LogP contribution >= 0.6 is 0 Å². The summed E-state index contributed by atoms with van der Waals surface area (Å²) in [4.78, 5) is 13.1. The first-order chi connectivity index (χ1) is 6.94. The van der Waals surface area contributed by atoms with Crippen LogP contribution < -0.4 is 0 Å². The van der Waals surface area contributed by atoms with Crippen LogP contribution in [-0.2, 0) is 15.0 Å². The summed E-state index contributed by atoms with van der Waals surface area (Å²) >= 11 is 0. The summed E-state index contributed by atoms with van der Waals surface area (Å²) in [5.74, 6) is -0.309. The molecule has 1 aliphatic heterocycles. The van der Waals surface area contributed by atoms with Crippen LogP contribution in [0.1, 0.15) is 19.3 Å². The van der Waals surface area contributed by atoms with Gasteiger partial charge in [0.2, 0.25) is 5.91 Å². The zero-order valence-corrected chi connectivity index (χ0v) is 9.17. The molecule has 2 rings (SSSR count). The number of likely N-dealkylation sites (tertiary alicyclic amines) is 1. The van der Waals surface area contributed by atoms with Crippen LogP contribution in [0.3, 0.4) is 0 Å². The van der Waals surface area contributed by atoms with Crippen LogP contribution in [0.2, 0.25) is 0 Å². The summed E-state index contributed by atoms with van der Waals surface area (Å²) in [5.41, 5.74) is 0. The largest absolute Gasteiger partial charge is 0.342 e.